The maximum absolute atomic E-state index is 15.3. The lowest BCUT2D eigenvalue weighted by Crippen LogP contribution is -2.62. The van der Waals surface area contributed by atoms with Crippen LogP contribution in [0.4, 0.5) is 9.18 Å². The minimum absolute atomic E-state index is 0.00585. The molecule has 3 N–H and O–H groups in total. The van der Waals surface area contributed by atoms with E-state index in [1.165, 1.54) is 23.9 Å². The highest BCUT2D eigenvalue weighted by atomic mass is 19.1. The first-order chi connectivity index (χ1) is 40.8. The number of aliphatic hydroxyl groups is 2. The van der Waals surface area contributed by atoms with Crippen molar-refractivity contribution in [3.63, 3.8) is 0 Å². The smallest absolute Gasteiger partial charge is 0.425 e. The van der Waals surface area contributed by atoms with E-state index < -0.39 is 132 Å². The number of hydrogen-bond acceptors (Lipinski definition) is 20. The number of rotatable bonds is 33. The van der Waals surface area contributed by atoms with Gasteiger partial charge in [0.15, 0.2) is 11.9 Å². The van der Waals surface area contributed by atoms with E-state index in [0.717, 1.165) is 28.7 Å². The maximum atomic E-state index is 15.3. The number of benzene rings is 1. The fourth-order valence-electron chi connectivity index (χ4n) is 13.5. The molecule has 1 unspecified atom stereocenters. The molecule has 3 aliphatic rings. The molecule has 1 aromatic carbocycles. The predicted octanol–water partition coefficient (Wildman–Crippen LogP) is 7.42. The standard InChI is InChI=1S/C63H100FN7O15/c1-18-51(63(12)55(37(2)3)71(60(76)86-63)66-36-81-28-27-77-14)84-58(75)42(8)52(50-31-61(10,79-16)56(74)43(9)83-50)41(7)57(62(11,80-17)30-38(4)35-72)85-59-53(73)48(29-40(6)82-59)69(13)26-25-47-34-70(68-67-47)49(32-64)54(78-15)45-23-21-44(22-24-45)46-20-19-39(5)65-33-46/h19-24,33-35,37-38,40-43,48-57,59,66,73-74H,18,25-32,36H2,1-17H3/t38-,40-,41+,42-,43+,48+,49-,50?,51-,52+,53-,54-,55-,56+,57-,59+,61-,62-,63-/m1/s1. The van der Waals surface area contributed by atoms with Crippen LogP contribution < -0.4 is 5.43 Å². The average molecular weight is 1210 g/mol. The van der Waals surface area contributed by atoms with Gasteiger partial charge in [-0.15, -0.1) is 5.10 Å². The minimum Gasteiger partial charge on any atom is -0.458 e. The zero-order valence-electron chi connectivity index (χ0n) is 53.8. The molecular formula is C63H100FN7O15. The molecule has 19 atom stereocenters. The first-order valence-corrected chi connectivity index (χ1v) is 30.4. The molecule has 3 fully saturated rings. The first kappa shape index (κ1) is 70.5. The highest BCUT2D eigenvalue weighted by Gasteiger charge is 2.59. The van der Waals surface area contributed by atoms with Gasteiger partial charge in [-0.1, -0.05) is 77.1 Å². The number of carbonyl (C=O) groups excluding carboxylic acids is 3. The second-order valence-corrected chi connectivity index (χ2v) is 25.0. The third-order valence-corrected chi connectivity index (χ3v) is 18.4. The number of hydrazine groups is 1. The van der Waals surface area contributed by atoms with E-state index in [9.17, 15) is 19.8 Å². The van der Waals surface area contributed by atoms with Gasteiger partial charge in [0.05, 0.1) is 66.5 Å². The number of aliphatic hydroxyl groups excluding tert-OH is 2. The molecule has 0 saturated carbocycles. The number of aldehydes is 1. The quantitative estimate of drug-likeness (QED) is 0.0232. The molecule has 3 saturated heterocycles. The Labute approximate surface area is 508 Å². The van der Waals surface area contributed by atoms with E-state index in [1.807, 2.05) is 103 Å². The Morgan fingerprint density at radius 2 is 1.72 bits per heavy atom. The Balaban J connectivity index is 1.26. The van der Waals surface area contributed by atoms with E-state index in [1.54, 1.807) is 55.0 Å². The van der Waals surface area contributed by atoms with Gasteiger partial charge in [-0.05, 0) is 96.9 Å². The summed E-state index contributed by atoms with van der Waals surface area (Å²) in [4.78, 5) is 47.9. The number of carbonyl (C=O) groups is 3. The molecule has 86 heavy (non-hydrogen) atoms. The summed E-state index contributed by atoms with van der Waals surface area (Å²) in [6.07, 6.45) is -2.79. The van der Waals surface area contributed by atoms with Crippen LogP contribution >= 0.6 is 0 Å². The van der Waals surface area contributed by atoms with Gasteiger partial charge in [0.1, 0.15) is 50.1 Å². The van der Waals surface area contributed by atoms with Crippen molar-refractivity contribution in [3.8, 4) is 11.1 Å². The van der Waals surface area contributed by atoms with E-state index in [2.05, 4.69) is 20.7 Å². The lowest BCUT2D eigenvalue weighted by molar-refractivity contribution is -0.305. The van der Waals surface area contributed by atoms with E-state index in [-0.39, 0.29) is 31.9 Å². The largest absolute Gasteiger partial charge is 0.458 e. The fourth-order valence-corrected chi connectivity index (χ4v) is 13.5. The Bertz CT molecular complexity index is 2590. The molecule has 1 amide bonds. The lowest BCUT2D eigenvalue weighted by Gasteiger charge is -2.52. The first-order valence-electron chi connectivity index (χ1n) is 30.4. The van der Waals surface area contributed by atoms with Gasteiger partial charge in [0.2, 0.25) is 0 Å². The van der Waals surface area contributed by atoms with E-state index in [4.69, 9.17) is 47.4 Å². The van der Waals surface area contributed by atoms with Gasteiger partial charge >= 0.3 is 12.1 Å². The minimum atomic E-state index is -1.31. The number of methoxy groups -OCH3 is 4. The van der Waals surface area contributed by atoms with Crippen LogP contribution in [0.5, 0.6) is 0 Å². The van der Waals surface area contributed by atoms with Gasteiger partial charge in [0.25, 0.3) is 0 Å². The number of halogens is 1. The number of alkyl halides is 1. The Morgan fingerprint density at radius 1 is 1.02 bits per heavy atom. The summed E-state index contributed by atoms with van der Waals surface area (Å²) in [6, 6.07) is 9.84. The number of nitrogens with one attached hydrogen (secondary N) is 1. The molecule has 484 valence electrons. The number of hydrogen-bond donors (Lipinski definition) is 3. The van der Waals surface area contributed by atoms with Gasteiger partial charge in [-0.25, -0.2) is 24.3 Å². The highest BCUT2D eigenvalue weighted by molar-refractivity contribution is 5.74. The molecule has 22 nitrogen and oxygen atoms in total. The van der Waals surface area contributed by atoms with Crippen molar-refractivity contribution in [2.24, 2.45) is 29.6 Å². The molecule has 3 aliphatic heterocycles. The fraction of sp³-hybridized carbons (Fsp3) is 0.746. The number of pyridine rings is 1. The van der Waals surface area contributed by atoms with Crippen molar-refractivity contribution < 1.29 is 76.4 Å². The molecule has 0 bridgehead atoms. The predicted molar refractivity (Wildman–Crippen MR) is 318 cm³/mol. The average Bonchev–Trinajstić information content (AvgIpc) is 1.78. The van der Waals surface area contributed by atoms with Crippen LogP contribution in [-0.4, -0.2) is 205 Å². The third kappa shape index (κ3) is 16.2. The topological polar surface area (TPSA) is 246 Å². The Kier molecular flexibility index (Phi) is 25.6. The maximum Gasteiger partial charge on any atom is 0.425 e. The van der Waals surface area contributed by atoms with Crippen LogP contribution in [0.15, 0.2) is 48.8 Å². The second kappa shape index (κ2) is 31.2. The SMILES string of the molecule is CC[C@@H](OC(=O)[C@H](C)[C@@H](C1C[C@@](C)(OC)[C@@H](O)[C@H](C)O1)[C@H](C)[C@@H](O[C@@H]1O[C@H](C)C[C@H](N(C)CCc2cn([C@H](CF)[C@H](OC)c3ccc(-c4ccc(C)nc4)cc3)nn2)[C@H]1O)[C@@](C)(C[C@@H](C)C=O)OC)[C@@]1(C)OC(=O)N(NCOCCOC)[C@@H]1C(C)C. The van der Waals surface area contributed by atoms with Crippen molar-refractivity contribution in [1.82, 2.24) is 35.3 Å². The number of amides is 1. The lowest BCUT2D eigenvalue weighted by atomic mass is 9.68. The van der Waals surface area contributed by atoms with Crippen molar-refractivity contribution >= 4 is 18.3 Å². The van der Waals surface area contributed by atoms with E-state index >= 15 is 9.18 Å². The summed E-state index contributed by atoms with van der Waals surface area (Å²) < 4.78 is 78.8. The summed E-state index contributed by atoms with van der Waals surface area (Å²) in [5.41, 5.74) is 3.62. The molecule has 6 rings (SSSR count). The summed E-state index contributed by atoms with van der Waals surface area (Å²) in [6.45, 7) is 22.6. The molecule has 23 heteroatoms. The molecule has 0 spiro atoms. The molecule has 5 heterocycles. The number of ether oxygens (including phenoxy) is 10. The van der Waals surface area contributed by atoms with Gasteiger partial charge in [-0.3, -0.25) is 9.78 Å². The molecule has 0 radical (unpaired) electrons. The summed E-state index contributed by atoms with van der Waals surface area (Å²) >= 11 is 0. The molecule has 2 aromatic heterocycles. The number of nitrogens with zero attached hydrogens (tertiary/aromatic N) is 6. The van der Waals surface area contributed by atoms with Crippen molar-refractivity contribution in [2.75, 3.05) is 68.7 Å². The van der Waals surface area contributed by atoms with Gasteiger partial charge < -0.3 is 67.3 Å². The highest BCUT2D eigenvalue weighted by Crippen LogP contribution is 2.46. The monoisotopic (exact) mass is 1210 g/mol. The zero-order valence-corrected chi connectivity index (χ0v) is 53.8. The zero-order chi connectivity index (χ0) is 63.4. The van der Waals surface area contributed by atoms with Crippen molar-refractivity contribution in [3.05, 3.63) is 65.7 Å². The summed E-state index contributed by atoms with van der Waals surface area (Å²) in [5.74, 6) is -3.73. The molecular weight excluding hydrogens is 1110 g/mol. The van der Waals surface area contributed by atoms with Crippen LogP contribution in [0.3, 0.4) is 0 Å². The second-order valence-electron chi connectivity index (χ2n) is 25.0. The third-order valence-electron chi connectivity index (χ3n) is 18.4. The number of aromatic nitrogens is 4. The summed E-state index contributed by atoms with van der Waals surface area (Å²) in [5, 5.41) is 34.2. The summed E-state index contributed by atoms with van der Waals surface area (Å²) in [7, 11) is 8.08. The van der Waals surface area contributed by atoms with E-state index in [0.29, 0.717) is 38.3 Å². The van der Waals surface area contributed by atoms with Crippen molar-refractivity contribution in [1.29, 1.82) is 0 Å². The Morgan fingerprint density at radius 3 is 2.31 bits per heavy atom. The van der Waals surface area contributed by atoms with Gasteiger partial charge in [-0.2, -0.15) is 0 Å². The number of aryl methyl sites for hydroxylation is 1. The van der Waals surface area contributed by atoms with Crippen LogP contribution in [0.1, 0.15) is 131 Å². The van der Waals surface area contributed by atoms with Crippen LogP contribution in [0, 0.1) is 36.5 Å². The molecule has 3 aromatic rings. The Hall–Kier alpha value is -4.63. The van der Waals surface area contributed by atoms with Crippen LogP contribution in [0.2, 0.25) is 0 Å². The molecule has 0 aliphatic carbocycles. The van der Waals surface area contributed by atoms with Gasteiger partial charge in [0, 0.05) is 89.4 Å². The van der Waals surface area contributed by atoms with Crippen LogP contribution in [-0.2, 0) is 63.4 Å². The van der Waals surface area contributed by atoms with Crippen molar-refractivity contribution in [2.45, 2.75) is 205 Å². The number of esters is 1. The normalized spacial score (nSPS) is 29.0. The number of cyclic esters (lactones) is 1. The number of likely N-dealkylation sites (N-methyl/N-ethyl adjacent to an activating group) is 1. The van der Waals surface area contributed by atoms with Crippen LogP contribution in [0.25, 0.3) is 11.1 Å².